The van der Waals surface area contributed by atoms with Gasteiger partial charge in [-0.15, -0.1) is 11.8 Å². The number of aliphatic imine (C=N–C) groups is 1. The van der Waals surface area contributed by atoms with E-state index in [1.54, 1.807) is 0 Å². The number of unbranched alkanes of at least 4 members (excludes halogenated alkanes) is 4. The maximum absolute atomic E-state index is 13.1. The zero-order valence-corrected chi connectivity index (χ0v) is 20.3. The van der Waals surface area contributed by atoms with Crippen molar-refractivity contribution in [2.75, 3.05) is 12.3 Å². The monoisotopic (exact) mass is 439 g/mol. The van der Waals surface area contributed by atoms with Crippen LogP contribution in [0.1, 0.15) is 86.0 Å². The summed E-state index contributed by atoms with van der Waals surface area (Å²) in [5, 5.41) is 3.83. The second kappa shape index (κ2) is 14.6. The molecule has 30 heavy (non-hydrogen) atoms. The lowest BCUT2D eigenvalue weighted by molar-refractivity contribution is -0.135. The Morgan fingerprint density at radius 1 is 1.20 bits per heavy atom. The van der Waals surface area contributed by atoms with E-state index >= 15 is 0 Å². The molecule has 2 amide bonds. The summed E-state index contributed by atoms with van der Waals surface area (Å²) in [7, 11) is 0. The molecule has 0 spiro atoms. The van der Waals surface area contributed by atoms with Gasteiger partial charge in [0.25, 0.3) is 0 Å². The molecule has 1 heterocycles. The first-order valence-corrected chi connectivity index (χ1v) is 12.5. The smallest absolute Gasteiger partial charge is 0.222 e. The van der Waals surface area contributed by atoms with Gasteiger partial charge in [0.1, 0.15) is 12.3 Å². The van der Waals surface area contributed by atoms with Gasteiger partial charge < -0.3 is 15.0 Å². The molecule has 3 unspecified atom stereocenters. The maximum Gasteiger partial charge on any atom is 0.222 e. The van der Waals surface area contributed by atoms with Crippen molar-refractivity contribution in [3.8, 4) is 0 Å². The maximum atomic E-state index is 13.1. The van der Waals surface area contributed by atoms with Crippen molar-refractivity contribution in [3.63, 3.8) is 0 Å². The fourth-order valence-corrected chi connectivity index (χ4v) is 4.85. The number of carbonyl (C=O) groups excluding carboxylic acids is 3. The van der Waals surface area contributed by atoms with Crippen LogP contribution in [0.5, 0.6) is 0 Å². The number of thioether (sulfide) groups is 1. The van der Waals surface area contributed by atoms with Crippen LogP contribution in [0.25, 0.3) is 0 Å². The molecule has 0 aromatic heterocycles. The third-order valence-corrected chi connectivity index (χ3v) is 6.69. The van der Waals surface area contributed by atoms with Gasteiger partial charge in [-0.3, -0.25) is 14.6 Å². The highest BCUT2D eigenvalue weighted by atomic mass is 32.2. The fourth-order valence-electron chi connectivity index (χ4n) is 3.79. The van der Waals surface area contributed by atoms with Crippen LogP contribution >= 0.6 is 11.8 Å². The van der Waals surface area contributed by atoms with Crippen LogP contribution in [0, 0.1) is 5.92 Å². The molecular formula is C23H41N3O3S. The Morgan fingerprint density at radius 3 is 2.43 bits per heavy atom. The Hall–Kier alpha value is -1.37. The topological polar surface area (TPSA) is 78.8 Å². The Balaban J connectivity index is 3.04. The predicted octanol–water partition coefficient (Wildman–Crippen LogP) is 4.22. The lowest BCUT2D eigenvalue weighted by Crippen LogP contribution is -2.49. The highest BCUT2D eigenvalue weighted by Crippen LogP contribution is 2.26. The average molecular weight is 440 g/mol. The van der Waals surface area contributed by atoms with Crippen LogP contribution in [0.2, 0.25) is 0 Å². The van der Waals surface area contributed by atoms with E-state index in [4.69, 9.17) is 0 Å². The van der Waals surface area contributed by atoms with Crippen molar-refractivity contribution in [2.45, 2.75) is 104 Å². The van der Waals surface area contributed by atoms with Crippen LogP contribution in [-0.2, 0) is 14.4 Å². The van der Waals surface area contributed by atoms with Crippen molar-refractivity contribution in [1.29, 1.82) is 0 Å². The van der Waals surface area contributed by atoms with Gasteiger partial charge in [-0.2, -0.15) is 0 Å². The zero-order chi connectivity index (χ0) is 22.5. The highest BCUT2D eigenvalue weighted by Gasteiger charge is 2.33. The molecule has 1 aliphatic rings. The van der Waals surface area contributed by atoms with Gasteiger partial charge in [0, 0.05) is 31.7 Å². The minimum absolute atomic E-state index is 0.0198. The van der Waals surface area contributed by atoms with Gasteiger partial charge >= 0.3 is 0 Å². The van der Waals surface area contributed by atoms with Crippen LogP contribution < -0.4 is 5.32 Å². The molecule has 0 aromatic carbocycles. The summed E-state index contributed by atoms with van der Waals surface area (Å²) in [5.41, 5.74) is 0. The van der Waals surface area contributed by atoms with Crippen LogP contribution in [-0.4, -0.2) is 58.5 Å². The Bertz CT molecular complexity index is 580. The van der Waals surface area contributed by atoms with Gasteiger partial charge in [-0.25, -0.2) is 0 Å². The molecule has 6 nitrogen and oxygen atoms in total. The molecule has 0 fully saturated rings. The second-order valence-corrected chi connectivity index (χ2v) is 9.57. The largest absolute Gasteiger partial charge is 0.347 e. The highest BCUT2D eigenvalue weighted by molar-refractivity contribution is 8.14. The Kier molecular flexibility index (Phi) is 13.0. The summed E-state index contributed by atoms with van der Waals surface area (Å²) >= 11 is 1.54. The Labute approximate surface area is 187 Å². The van der Waals surface area contributed by atoms with Crippen molar-refractivity contribution in [3.05, 3.63) is 0 Å². The Morgan fingerprint density at radius 2 is 1.90 bits per heavy atom. The van der Waals surface area contributed by atoms with Crippen molar-refractivity contribution < 1.29 is 14.4 Å². The normalized spacial score (nSPS) is 18.1. The van der Waals surface area contributed by atoms with E-state index in [-0.39, 0.29) is 35.9 Å². The molecule has 3 atom stereocenters. The predicted molar refractivity (Wildman–Crippen MR) is 126 cm³/mol. The molecule has 7 heteroatoms. The summed E-state index contributed by atoms with van der Waals surface area (Å²) in [5.74, 6) is 0.969. The van der Waals surface area contributed by atoms with E-state index < -0.39 is 0 Å². The number of hydrogen-bond acceptors (Lipinski definition) is 5. The molecule has 1 rings (SSSR count). The fraction of sp³-hybridized carbons (Fsp3) is 0.826. The molecule has 172 valence electrons. The van der Waals surface area contributed by atoms with E-state index in [2.05, 4.69) is 42.9 Å². The molecule has 0 saturated heterocycles. The number of hydrogen-bond donors (Lipinski definition) is 1. The van der Waals surface area contributed by atoms with Crippen molar-refractivity contribution in [2.24, 2.45) is 10.9 Å². The summed E-state index contributed by atoms with van der Waals surface area (Å²) < 4.78 is 0. The van der Waals surface area contributed by atoms with E-state index in [1.807, 2.05) is 0 Å². The van der Waals surface area contributed by atoms with Crippen LogP contribution in [0.15, 0.2) is 4.99 Å². The van der Waals surface area contributed by atoms with Crippen LogP contribution in [0.4, 0.5) is 0 Å². The number of rotatable bonds is 15. The average Bonchev–Trinajstić information content (AvgIpc) is 3.18. The summed E-state index contributed by atoms with van der Waals surface area (Å²) in [4.78, 5) is 42.7. The minimum atomic E-state index is -0.338. The lowest BCUT2D eigenvalue weighted by atomic mass is 9.94. The van der Waals surface area contributed by atoms with Gasteiger partial charge in [0.15, 0.2) is 0 Å². The molecule has 0 aliphatic carbocycles. The van der Waals surface area contributed by atoms with Gasteiger partial charge in [-0.05, 0) is 25.2 Å². The third kappa shape index (κ3) is 9.19. The minimum Gasteiger partial charge on any atom is -0.347 e. The number of carbonyl (C=O) groups is 3. The van der Waals surface area contributed by atoms with Crippen molar-refractivity contribution in [1.82, 2.24) is 10.2 Å². The summed E-state index contributed by atoms with van der Waals surface area (Å²) in [6.07, 6.45) is 8.42. The molecule has 0 saturated carbocycles. The zero-order valence-electron chi connectivity index (χ0n) is 19.5. The van der Waals surface area contributed by atoms with Gasteiger partial charge in [0.05, 0.1) is 11.1 Å². The van der Waals surface area contributed by atoms with Crippen LogP contribution in [0.3, 0.4) is 0 Å². The molecule has 0 radical (unpaired) electrons. The molecule has 0 aromatic rings. The summed E-state index contributed by atoms with van der Waals surface area (Å²) in [6, 6.07) is -0.580. The first-order valence-electron chi connectivity index (χ1n) is 11.6. The van der Waals surface area contributed by atoms with E-state index in [9.17, 15) is 14.4 Å². The number of amides is 2. The number of nitrogens with zero attached hydrogens (tertiary/aromatic N) is 2. The standard InChI is InChI=1S/C23H41N3O3S/c1-6-8-10-11-13-26(22(29)12-9-7-2)21(17(3)4)14-20(24-18(5)28)23-25-19(15-27)16-30-23/h15,17,19-21H,6-14,16H2,1-5H3,(H,24,28). The first kappa shape index (κ1) is 26.7. The van der Waals surface area contributed by atoms with E-state index in [0.29, 0.717) is 18.6 Å². The third-order valence-electron chi connectivity index (χ3n) is 5.49. The number of nitrogens with one attached hydrogen (secondary N) is 1. The van der Waals surface area contributed by atoms with Crippen molar-refractivity contribution >= 4 is 34.9 Å². The SMILES string of the molecule is CCCCCCN(C(=O)CCCC)C(CC(NC(C)=O)C1=NC(C=O)CS1)C(C)C. The van der Waals surface area contributed by atoms with E-state index in [1.165, 1.54) is 25.1 Å². The quantitative estimate of drug-likeness (QED) is 0.306. The van der Waals surface area contributed by atoms with Gasteiger partial charge in [0.2, 0.25) is 11.8 Å². The molecule has 0 bridgehead atoms. The molecule has 1 N–H and O–H groups in total. The molecular weight excluding hydrogens is 398 g/mol. The molecule has 1 aliphatic heterocycles. The lowest BCUT2D eigenvalue weighted by Gasteiger charge is -2.37. The van der Waals surface area contributed by atoms with E-state index in [0.717, 1.165) is 50.0 Å². The number of aldehydes is 1. The van der Waals surface area contributed by atoms with Gasteiger partial charge in [-0.1, -0.05) is 53.4 Å². The first-order chi connectivity index (χ1) is 14.3. The summed E-state index contributed by atoms with van der Waals surface area (Å²) in [6.45, 7) is 10.8. The second-order valence-electron chi connectivity index (χ2n) is 8.53.